The number of amides is 1. The Morgan fingerprint density at radius 2 is 2.00 bits per heavy atom. The monoisotopic (exact) mass is 278 g/mol. The molecule has 0 heterocycles. The van der Waals surface area contributed by atoms with Crippen LogP contribution in [0.25, 0.3) is 0 Å². The first-order valence-corrected chi connectivity index (χ1v) is 6.12. The molecule has 1 atom stereocenters. The molecule has 0 aliphatic heterocycles. The van der Waals surface area contributed by atoms with Gasteiger partial charge in [-0.1, -0.05) is 43.0 Å². The first-order valence-electron chi connectivity index (χ1n) is 6.12. The fourth-order valence-electron chi connectivity index (χ4n) is 1.36. The predicted octanol–water partition coefficient (Wildman–Crippen LogP) is 0.969. The van der Waals surface area contributed by atoms with Crippen molar-refractivity contribution in [3.05, 3.63) is 48.6 Å². The topological polar surface area (TPSA) is 90.6 Å². The van der Waals surface area contributed by atoms with Gasteiger partial charge in [0.2, 0.25) is 0 Å². The number of benzene rings is 1. The number of carbonyl (C=O) groups excluding carboxylic acids is 2. The second kappa shape index (κ2) is 8.71. The first kappa shape index (κ1) is 15.7. The minimum atomic E-state index is -0.932. The number of ether oxygens (including phenoxy) is 2. The zero-order valence-corrected chi connectivity index (χ0v) is 11.1. The minimum absolute atomic E-state index is 0.0656. The average Bonchev–Trinajstić information content (AvgIpc) is 2.49. The van der Waals surface area contributed by atoms with Gasteiger partial charge in [0, 0.05) is 6.54 Å². The smallest absolute Gasteiger partial charge is 0.408 e. The molecule has 0 bridgehead atoms. The van der Waals surface area contributed by atoms with Gasteiger partial charge in [-0.3, -0.25) is 0 Å². The third-order valence-electron chi connectivity index (χ3n) is 2.37. The maximum absolute atomic E-state index is 11.5. The molecule has 20 heavy (non-hydrogen) atoms. The van der Waals surface area contributed by atoms with Crippen LogP contribution in [-0.2, 0) is 20.9 Å². The van der Waals surface area contributed by atoms with Gasteiger partial charge in [0.05, 0.1) is 0 Å². The van der Waals surface area contributed by atoms with E-state index in [1.54, 1.807) is 0 Å². The lowest BCUT2D eigenvalue weighted by atomic mass is 10.2. The molecule has 0 unspecified atom stereocenters. The van der Waals surface area contributed by atoms with Crippen LogP contribution in [0.5, 0.6) is 0 Å². The number of nitrogens with two attached hydrogens (primary N) is 1. The van der Waals surface area contributed by atoms with Crippen LogP contribution in [-0.4, -0.2) is 31.3 Å². The molecule has 0 spiro atoms. The fourth-order valence-corrected chi connectivity index (χ4v) is 1.36. The van der Waals surface area contributed by atoms with Crippen LogP contribution < -0.4 is 11.1 Å². The summed E-state index contributed by atoms with van der Waals surface area (Å²) >= 11 is 0. The molecule has 1 rings (SSSR count). The molecule has 108 valence electrons. The zero-order valence-electron chi connectivity index (χ0n) is 11.1. The molecule has 0 aromatic heterocycles. The predicted molar refractivity (Wildman–Crippen MR) is 73.8 cm³/mol. The van der Waals surface area contributed by atoms with E-state index in [0.29, 0.717) is 0 Å². The highest BCUT2D eigenvalue weighted by Crippen LogP contribution is 2.00. The summed E-state index contributed by atoms with van der Waals surface area (Å²) in [6, 6.07) is 8.26. The van der Waals surface area contributed by atoms with Crippen molar-refractivity contribution >= 4 is 12.1 Å². The Morgan fingerprint density at radius 3 is 2.60 bits per heavy atom. The molecule has 3 N–H and O–H groups in total. The van der Waals surface area contributed by atoms with Gasteiger partial charge in [0.1, 0.15) is 19.3 Å². The Hall–Kier alpha value is -2.34. The van der Waals surface area contributed by atoms with E-state index in [0.717, 1.165) is 5.56 Å². The molecule has 0 saturated heterocycles. The van der Waals surface area contributed by atoms with E-state index in [9.17, 15) is 9.59 Å². The molecule has 1 aromatic rings. The third-order valence-corrected chi connectivity index (χ3v) is 2.37. The molecule has 0 aliphatic rings. The maximum atomic E-state index is 11.5. The first-order chi connectivity index (χ1) is 9.67. The molecular formula is C14H18N2O4. The number of hydrogen-bond donors (Lipinski definition) is 2. The highest BCUT2D eigenvalue weighted by Gasteiger charge is 2.21. The van der Waals surface area contributed by atoms with Gasteiger partial charge in [0.25, 0.3) is 0 Å². The lowest BCUT2D eigenvalue weighted by Crippen LogP contribution is -2.46. The van der Waals surface area contributed by atoms with Crippen LogP contribution in [0.15, 0.2) is 43.0 Å². The van der Waals surface area contributed by atoms with Gasteiger partial charge in [0.15, 0.2) is 0 Å². The van der Waals surface area contributed by atoms with Gasteiger partial charge >= 0.3 is 12.1 Å². The van der Waals surface area contributed by atoms with E-state index >= 15 is 0 Å². The Balaban J connectivity index is 2.39. The Labute approximate surface area is 117 Å². The van der Waals surface area contributed by atoms with E-state index < -0.39 is 18.1 Å². The van der Waals surface area contributed by atoms with Crippen LogP contribution >= 0.6 is 0 Å². The second-order valence-electron chi connectivity index (χ2n) is 3.91. The van der Waals surface area contributed by atoms with Crippen molar-refractivity contribution in [1.29, 1.82) is 0 Å². The molecule has 1 aromatic carbocycles. The highest BCUT2D eigenvalue weighted by atomic mass is 16.6. The van der Waals surface area contributed by atoms with E-state index in [2.05, 4.69) is 11.9 Å². The van der Waals surface area contributed by atoms with Gasteiger partial charge in [-0.15, -0.1) is 0 Å². The molecule has 0 radical (unpaired) electrons. The number of esters is 1. The molecule has 0 saturated carbocycles. The molecule has 0 aliphatic carbocycles. The quantitative estimate of drug-likeness (QED) is 0.573. The van der Waals surface area contributed by atoms with Gasteiger partial charge in [-0.2, -0.15) is 0 Å². The lowest BCUT2D eigenvalue weighted by Gasteiger charge is -2.15. The minimum Gasteiger partial charge on any atom is -0.460 e. The van der Waals surface area contributed by atoms with E-state index in [4.69, 9.17) is 15.2 Å². The highest BCUT2D eigenvalue weighted by molar-refractivity contribution is 5.81. The summed E-state index contributed by atoms with van der Waals surface area (Å²) in [6.07, 6.45) is 0.707. The lowest BCUT2D eigenvalue weighted by molar-refractivity contribution is -0.144. The molecule has 6 nitrogen and oxygen atoms in total. The average molecular weight is 278 g/mol. The largest absolute Gasteiger partial charge is 0.460 e. The third kappa shape index (κ3) is 5.53. The Kier molecular flexibility index (Phi) is 6.84. The van der Waals surface area contributed by atoms with Crippen molar-refractivity contribution in [2.75, 3.05) is 13.2 Å². The fraction of sp³-hybridized carbons (Fsp3) is 0.286. The Bertz CT molecular complexity index is 448. The summed E-state index contributed by atoms with van der Waals surface area (Å²) in [5, 5.41) is 2.35. The summed E-state index contributed by atoms with van der Waals surface area (Å²) in [6.45, 7) is 3.53. The summed E-state index contributed by atoms with van der Waals surface area (Å²) in [4.78, 5) is 23.1. The summed E-state index contributed by atoms with van der Waals surface area (Å²) in [7, 11) is 0. The van der Waals surface area contributed by atoms with E-state index in [1.807, 2.05) is 30.3 Å². The van der Waals surface area contributed by atoms with Crippen molar-refractivity contribution in [3.8, 4) is 0 Å². The standard InChI is InChI=1S/C14H18N2O4/c1-2-8-19-13(17)12(9-15)16-14(18)20-10-11-6-4-3-5-7-11/h2-7,12H,1,8-10,15H2,(H,16,18)/t12-/m0/s1. The summed E-state index contributed by atoms with van der Waals surface area (Å²) in [5.41, 5.74) is 6.25. The summed E-state index contributed by atoms with van der Waals surface area (Å²) in [5.74, 6) is -0.621. The normalized spacial score (nSPS) is 11.2. The van der Waals surface area contributed by atoms with Crippen LogP contribution in [0.4, 0.5) is 4.79 Å². The number of hydrogen-bond acceptors (Lipinski definition) is 5. The summed E-state index contributed by atoms with van der Waals surface area (Å²) < 4.78 is 9.78. The van der Waals surface area contributed by atoms with Crippen molar-refractivity contribution in [1.82, 2.24) is 5.32 Å². The zero-order chi connectivity index (χ0) is 14.8. The molecular weight excluding hydrogens is 260 g/mol. The van der Waals surface area contributed by atoms with Gasteiger partial charge < -0.3 is 20.5 Å². The SMILES string of the molecule is C=CCOC(=O)[C@H](CN)NC(=O)OCc1ccccc1. The van der Waals surface area contributed by atoms with Crippen molar-refractivity contribution in [2.24, 2.45) is 5.73 Å². The number of nitrogens with one attached hydrogen (secondary N) is 1. The van der Waals surface area contributed by atoms with Gasteiger partial charge in [-0.25, -0.2) is 9.59 Å². The van der Waals surface area contributed by atoms with E-state index in [1.165, 1.54) is 6.08 Å². The molecule has 6 heteroatoms. The van der Waals surface area contributed by atoms with Crippen molar-refractivity contribution in [2.45, 2.75) is 12.6 Å². The number of carbonyl (C=O) groups is 2. The van der Waals surface area contributed by atoms with E-state index in [-0.39, 0.29) is 19.8 Å². The van der Waals surface area contributed by atoms with Crippen molar-refractivity contribution < 1.29 is 19.1 Å². The van der Waals surface area contributed by atoms with Gasteiger partial charge in [-0.05, 0) is 5.56 Å². The Morgan fingerprint density at radius 1 is 1.30 bits per heavy atom. The second-order valence-corrected chi connectivity index (χ2v) is 3.91. The van der Waals surface area contributed by atoms with Crippen LogP contribution in [0.2, 0.25) is 0 Å². The van der Waals surface area contributed by atoms with Crippen LogP contribution in [0.1, 0.15) is 5.56 Å². The van der Waals surface area contributed by atoms with Crippen LogP contribution in [0.3, 0.4) is 0 Å². The van der Waals surface area contributed by atoms with Crippen LogP contribution in [0, 0.1) is 0 Å². The van der Waals surface area contributed by atoms with Crippen molar-refractivity contribution in [3.63, 3.8) is 0 Å². The maximum Gasteiger partial charge on any atom is 0.408 e. The number of rotatable bonds is 7. The molecule has 0 fully saturated rings. The molecule has 1 amide bonds. The number of alkyl carbamates (subject to hydrolysis) is 1.